The van der Waals surface area contributed by atoms with Crippen molar-refractivity contribution in [2.45, 2.75) is 78.7 Å². The van der Waals surface area contributed by atoms with Crippen molar-refractivity contribution in [1.29, 1.82) is 0 Å². The van der Waals surface area contributed by atoms with E-state index >= 15 is 0 Å². The molecule has 0 aromatic carbocycles. The summed E-state index contributed by atoms with van der Waals surface area (Å²) in [5.74, 6) is -0.229. The number of hydrogen-bond donors (Lipinski definition) is 0. The van der Waals surface area contributed by atoms with Crippen molar-refractivity contribution in [2.24, 2.45) is 5.92 Å². The zero-order valence-electron chi connectivity index (χ0n) is 14.8. The van der Waals surface area contributed by atoms with Gasteiger partial charge in [-0.25, -0.2) is 0 Å². The Hall–Kier alpha value is -0.940. The molecule has 0 aliphatic carbocycles. The van der Waals surface area contributed by atoms with Gasteiger partial charge in [-0.15, -0.1) is 0 Å². The Kier molecular flexibility index (Phi) is 7.49. The Labute approximate surface area is 134 Å². The van der Waals surface area contributed by atoms with Gasteiger partial charge in [0.1, 0.15) is 5.78 Å². The highest BCUT2D eigenvalue weighted by molar-refractivity contribution is 5.99. The molecular formula is C17H31NO4. The Bertz CT molecular complexity index is 379. The van der Waals surface area contributed by atoms with Crippen LogP contribution in [0.3, 0.4) is 0 Å². The second-order valence-corrected chi connectivity index (χ2v) is 6.92. The van der Waals surface area contributed by atoms with Crippen LogP contribution in [-0.4, -0.2) is 54.1 Å². The summed E-state index contributed by atoms with van der Waals surface area (Å²) in [6.07, 6.45) is 1.03. The van der Waals surface area contributed by atoms with Crippen LogP contribution in [0.1, 0.15) is 54.4 Å². The highest BCUT2D eigenvalue weighted by Crippen LogP contribution is 2.23. The summed E-state index contributed by atoms with van der Waals surface area (Å²) >= 11 is 0. The summed E-state index contributed by atoms with van der Waals surface area (Å²) in [7, 11) is 0. The predicted molar refractivity (Wildman–Crippen MR) is 85.7 cm³/mol. The minimum atomic E-state index is -0.111. The van der Waals surface area contributed by atoms with Gasteiger partial charge in [-0.2, -0.15) is 0 Å². The number of amides is 1. The lowest BCUT2D eigenvalue weighted by Gasteiger charge is -2.25. The highest BCUT2D eigenvalue weighted by atomic mass is 16.5. The molecule has 5 heteroatoms. The molecule has 1 fully saturated rings. The molecule has 0 aromatic heterocycles. The van der Waals surface area contributed by atoms with Crippen LogP contribution < -0.4 is 0 Å². The van der Waals surface area contributed by atoms with Gasteiger partial charge >= 0.3 is 0 Å². The molecule has 0 radical (unpaired) electrons. The molecule has 128 valence electrons. The van der Waals surface area contributed by atoms with E-state index in [2.05, 4.69) is 0 Å². The maximum Gasteiger partial charge on any atom is 0.230 e. The first-order valence-electron chi connectivity index (χ1n) is 8.29. The largest absolute Gasteiger partial charge is 0.377 e. The van der Waals surface area contributed by atoms with E-state index in [1.165, 1.54) is 0 Å². The zero-order chi connectivity index (χ0) is 16.9. The van der Waals surface area contributed by atoms with Crippen molar-refractivity contribution in [3.63, 3.8) is 0 Å². The van der Waals surface area contributed by atoms with E-state index in [0.29, 0.717) is 13.2 Å². The predicted octanol–water partition coefficient (Wildman–Crippen LogP) is 2.42. The number of rotatable bonds is 8. The van der Waals surface area contributed by atoms with E-state index in [-0.39, 0.29) is 48.4 Å². The molecule has 1 heterocycles. The van der Waals surface area contributed by atoms with Crippen molar-refractivity contribution in [1.82, 2.24) is 4.90 Å². The summed E-state index contributed by atoms with van der Waals surface area (Å²) in [6, 6.07) is -0.00128. The summed E-state index contributed by atoms with van der Waals surface area (Å²) in [5.41, 5.74) is 0. The van der Waals surface area contributed by atoms with Gasteiger partial charge in [0.25, 0.3) is 0 Å². The molecule has 0 saturated carbocycles. The second-order valence-electron chi connectivity index (χ2n) is 6.92. The Morgan fingerprint density at radius 3 is 2.23 bits per heavy atom. The molecule has 0 bridgehead atoms. The van der Waals surface area contributed by atoms with E-state index in [9.17, 15) is 9.59 Å². The Morgan fingerprint density at radius 1 is 1.09 bits per heavy atom. The third kappa shape index (κ3) is 6.05. The normalized spacial score (nSPS) is 22.1. The van der Waals surface area contributed by atoms with E-state index in [1.54, 1.807) is 4.90 Å². The monoisotopic (exact) mass is 313 g/mol. The van der Waals surface area contributed by atoms with Gasteiger partial charge in [0.05, 0.1) is 37.4 Å². The van der Waals surface area contributed by atoms with Gasteiger partial charge in [0.2, 0.25) is 5.91 Å². The quantitative estimate of drug-likeness (QED) is 0.646. The lowest BCUT2D eigenvalue weighted by Crippen LogP contribution is -2.40. The van der Waals surface area contributed by atoms with E-state index in [1.807, 2.05) is 41.5 Å². The SMILES string of the molecule is CC(C)OC[C@@H]1C[C@@H](OC(C)C)CN1C(=O)CC(=O)C(C)C. The average molecular weight is 313 g/mol. The number of ketones is 1. The van der Waals surface area contributed by atoms with Gasteiger partial charge in [-0.3, -0.25) is 9.59 Å². The van der Waals surface area contributed by atoms with Gasteiger partial charge in [-0.05, 0) is 34.1 Å². The molecule has 1 aliphatic rings. The fourth-order valence-electron chi connectivity index (χ4n) is 2.58. The summed E-state index contributed by atoms with van der Waals surface area (Å²) < 4.78 is 11.5. The molecular weight excluding hydrogens is 282 g/mol. The zero-order valence-corrected chi connectivity index (χ0v) is 14.8. The fourth-order valence-corrected chi connectivity index (χ4v) is 2.58. The first-order valence-corrected chi connectivity index (χ1v) is 8.29. The fraction of sp³-hybridized carbons (Fsp3) is 0.882. The number of ether oxygens (including phenoxy) is 2. The number of Topliss-reactive ketones (excluding diaryl/α,β-unsaturated/α-hetero) is 1. The Morgan fingerprint density at radius 2 is 1.73 bits per heavy atom. The molecule has 0 N–H and O–H groups in total. The first kappa shape index (κ1) is 19.1. The standard InChI is InChI=1S/C17H31NO4/c1-11(2)16(19)8-17(20)18-9-15(22-13(5)6)7-14(18)10-21-12(3)4/h11-15H,7-10H2,1-6H3/t14-,15+/m0/s1. The third-order valence-electron chi connectivity index (χ3n) is 3.75. The lowest BCUT2D eigenvalue weighted by atomic mass is 10.1. The van der Waals surface area contributed by atoms with Crippen LogP contribution >= 0.6 is 0 Å². The molecule has 1 aliphatic heterocycles. The van der Waals surface area contributed by atoms with E-state index in [4.69, 9.17) is 9.47 Å². The number of hydrogen-bond acceptors (Lipinski definition) is 4. The van der Waals surface area contributed by atoms with Crippen LogP contribution in [0.5, 0.6) is 0 Å². The molecule has 1 rings (SSSR count). The lowest BCUT2D eigenvalue weighted by molar-refractivity contribution is -0.138. The molecule has 5 nitrogen and oxygen atoms in total. The number of likely N-dealkylation sites (tertiary alicyclic amines) is 1. The molecule has 0 unspecified atom stereocenters. The minimum Gasteiger partial charge on any atom is -0.377 e. The van der Waals surface area contributed by atoms with Gasteiger partial charge in [0, 0.05) is 12.5 Å². The highest BCUT2D eigenvalue weighted by Gasteiger charge is 2.37. The van der Waals surface area contributed by atoms with Crippen LogP contribution in [0.2, 0.25) is 0 Å². The smallest absolute Gasteiger partial charge is 0.230 e. The van der Waals surface area contributed by atoms with Gasteiger partial charge in [-0.1, -0.05) is 13.8 Å². The summed E-state index contributed by atoms with van der Waals surface area (Å²) in [6.45, 7) is 12.6. The molecule has 2 atom stereocenters. The topological polar surface area (TPSA) is 55.8 Å². The van der Waals surface area contributed by atoms with Gasteiger partial charge in [0.15, 0.2) is 0 Å². The van der Waals surface area contributed by atoms with Crippen molar-refractivity contribution >= 4 is 11.7 Å². The number of nitrogens with zero attached hydrogens (tertiary/aromatic N) is 1. The van der Waals surface area contributed by atoms with E-state index < -0.39 is 0 Å². The van der Waals surface area contributed by atoms with Crippen molar-refractivity contribution in [3.8, 4) is 0 Å². The number of carbonyl (C=O) groups is 2. The van der Waals surface area contributed by atoms with Crippen molar-refractivity contribution in [3.05, 3.63) is 0 Å². The molecule has 22 heavy (non-hydrogen) atoms. The molecule has 1 saturated heterocycles. The van der Waals surface area contributed by atoms with Crippen LogP contribution in [0.4, 0.5) is 0 Å². The Balaban J connectivity index is 2.68. The van der Waals surface area contributed by atoms with Crippen LogP contribution in [-0.2, 0) is 19.1 Å². The van der Waals surface area contributed by atoms with Crippen molar-refractivity contribution < 1.29 is 19.1 Å². The van der Waals surface area contributed by atoms with Crippen LogP contribution in [0.25, 0.3) is 0 Å². The average Bonchev–Trinajstić information content (AvgIpc) is 2.78. The minimum absolute atomic E-state index is 0.00128. The molecule has 1 amide bonds. The number of carbonyl (C=O) groups excluding carboxylic acids is 2. The molecule has 0 aromatic rings. The second kappa shape index (κ2) is 8.63. The van der Waals surface area contributed by atoms with E-state index in [0.717, 1.165) is 6.42 Å². The maximum atomic E-state index is 12.4. The maximum absolute atomic E-state index is 12.4. The van der Waals surface area contributed by atoms with Crippen molar-refractivity contribution in [2.75, 3.05) is 13.2 Å². The summed E-state index contributed by atoms with van der Waals surface area (Å²) in [4.78, 5) is 26.0. The third-order valence-corrected chi connectivity index (χ3v) is 3.75. The summed E-state index contributed by atoms with van der Waals surface area (Å²) in [5, 5.41) is 0. The van der Waals surface area contributed by atoms with Crippen LogP contribution in [0.15, 0.2) is 0 Å². The first-order chi connectivity index (χ1) is 10.2. The van der Waals surface area contributed by atoms with Gasteiger partial charge < -0.3 is 14.4 Å². The van der Waals surface area contributed by atoms with Crippen LogP contribution in [0, 0.1) is 5.92 Å². The molecule has 0 spiro atoms.